The monoisotopic (exact) mass is 463 g/mol. The summed E-state index contributed by atoms with van der Waals surface area (Å²) >= 11 is 0. The molecule has 9 heteroatoms. The van der Waals surface area contributed by atoms with Gasteiger partial charge in [0.15, 0.2) is 12.1 Å². The number of pyridine rings is 1. The van der Waals surface area contributed by atoms with Gasteiger partial charge in [-0.05, 0) is 65.5 Å². The van der Waals surface area contributed by atoms with Crippen LogP contribution in [-0.4, -0.2) is 77.1 Å². The summed E-state index contributed by atoms with van der Waals surface area (Å²) in [5, 5.41) is 25.0. The van der Waals surface area contributed by atoms with E-state index in [2.05, 4.69) is 30.0 Å². The van der Waals surface area contributed by atoms with Crippen LogP contribution in [0.5, 0.6) is 0 Å². The number of hydrogen-bond donors (Lipinski definition) is 2. The summed E-state index contributed by atoms with van der Waals surface area (Å²) in [5.41, 5.74) is 5.55. The first kappa shape index (κ1) is 24.3. The Morgan fingerprint density at radius 1 is 1.33 bits per heavy atom. The minimum atomic E-state index is -1.05. The van der Waals surface area contributed by atoms with Crippen LogP contribution in [0.25, 0.3) is 0 Å². The number of anilines is 1. The summed E-state index contributed by atoms with van der Waals surface area (Å²) < 4.78 is 16.9. The molecule has 1 aromatic heterocycles. The second-order valence-corrected chi connectivity index (χ2v) is 9.80. The first-order valence-electron chi connectivity index (χ1n) is 11.9. The Hall–Kier alpha value is -1.78. The van der Waals surface area contributed by atoms with Crippen LogP contribution in [0.1, 0.15) is 57.0 Å². The zero-order valence-electron chi connectivity index (χ0n) is 20.3. The lowest BCUT2D eigenvalue weighted by atomic mass is 10.1. The molecule has 2 fully saturated rings. The highest BCUT2D eigenvalue weighted by Crippen LogP contribution is 2.38. The van der Waals surface area contributed by atoms with Gasteiger partial charge in [0.05, 0.1) is 17.1 Å². The van der Waals surface area contributed by atoms with E-state index >= 15 is 0 Å². The minimum Gasteiger partial charge on any atom is -0.393 e. The SMILES string of the molecule is C/C(CCN1CCCCc2nc(C)c(C)cc21)=N\OC[C@@H](O)[C@@H]1O[C@@H]2OC(C)(C)O[C@@H]2[C@H]1O. The van der Waals surface area contributed by atoms with Crippen molar-refractivity contribution in [3.05, 3.63) is 23.0 Å². The van der Waals surface area contributed by atoms with Crippen molar-refractivity contribution in [2.24, 2.45) is 5.16 Å². The Bertz CT molecular complexity index is 876. The molecule has 0 bridgehead atoms. The molecule has 0 unspecified atom stereocenters. The smallest absolute Gasteiger partial charge is 0.190 e. The molecule has 0 amide bonds. The standard InChI is InChI=1S/C24H37N3O6/c1-14-12-18-17(25-16(14)3)8-6-7-10-27(18)11-9-15(2)26-30-13-19(28)21-20(29)22-23(31-21)33-24(4,5)32-22/h12,19-23,28-29H,6-11,13H2,1-5H3/b26-15+/t19-,20+,21+,22-,23-/m1/s1. The van der Waals surface area contributed by atoms with Crippen LogP contribution in [0, 0.1) is 13.8 Å². The molecule has 2 N–H and O–H groups in total. The maximum atomic E-state index is 10.4. The Labute approximate surface area is 195 Å². The number of rotatable bonds is 7. The molecule has 184 valence electrons. The van der Waals surface area contributed by atoms with Gasteiger partial charge >= 0.3 is 0 Å². The lowest BCUT2D eigenvalue weighted by Crippen LogP contribution is -2.42. The number of aryl methyl sites for hydroxylation is 3. The highest BCUT2D eigenvalue weighted by molar-refractivity contribution is 5.81. The average Bonchev–Trinajstić information content (AvgIpc) is 3.12. The second-order valence-electron chi connectivity index (χ2n) is 9.80. The van der Waals surface area contributed by atoms with Crippen molar-refractivity contribution in [3.8, 4) is 0 Å². The van der Waals surface area contributed by atoms with E-state index in [1.165, 1.54) is 16.9 Å². The Balaban J connectivity index is 1.26. The fourth-order valence-electron chi connectivity index (χ4n) is 4.64. The topological polar surface area (TPSA) is 106 Å². The largest absolute Gasteiger partial charge is 0.393 e. The molecule has 0 aliphatic carbocycles. The van der Waals surface area contributed by atoms with Crippen molar-refractivity contribution in [3.63, 3.8) is 0 Å². The number of hydrogen-bond acceptors (Lipinski definition) is 9. The van der Waals surface area contributed by atoms with Crippen LogP contribution >= 0.6 is 0 Å². The van der Waals surface area contributed by atoms with Gasteiger partial charge in [-0.25, -0.2) is 0 Å². The number of oxime groups is 1. The molecule has 0 aromatic carbocycles. The maximum Gasteiger partial charge on any atom is 0.190 e. The zero-order valence-corrected chi connectivity index (χ0v) is 20.3. The van der Waals surface area contributed by atoms with Gasteiger partial charge < -0.3 is 34.2 Å². The summed E-state index contributed by atoms with van der Waals surface area (Å²) in [7, 11) is 0. The van der Waals surface area contributed by atoms with Gasteiger partial charge in [0.25, 0.3) is 0 Å². The molecule has 1 aromatic rings. The van der Waals surface area contributed by atoms with Gasteiger partial charge in [-0.1, -0.05) is 5.16 Å². The van der Waals surface area contributed by atoms with Gasteiger partial charge in [0, 0.05) is 25.2 Å². The van der Waals surface area contributed by atoms with Crippen LogP contribution < -0.4 is 4.90 Å². The summed E-state index contributed by atoms with van der Waals surface area (Å²) in [5.74, 6) is -0.814. The molecule has 3 aliphatic heterocycles. The average molecular weight is 464 g/mol. The van der Waals surface area contributed by atoms with E-state index in [-0.39, 0.29) is 6.61 Å². The van der Waals surface area contributed by atoms with Crippen LogP contribution in [0.2, 0.25) is 0 Å². The molecule has 33 heavy (non-hydrogen) atoms. The van der Waals surface area contributed by atoms with Crippen molar-refractivity contribution >= 4 is 11.4 Å². The van der Waals surface area contributed by atoms with Crippen molar-refractivity contribution in [1.82, 2.24) is 4.98 Å². The maximum absolute atomic E-state index is 10.4. The van der Waals surface area contributed by atoms with Crippen molar-refractivity contribution in [2.75, 3.05) is 24.6 Å². The molecule has 0 saturated carbocycles. The first-order valence-corrected chi connectivity index (χ1v) is 11.9. The van der Waals surface area contributed by atoms with E-state index in [0.29, 0.717) is 0 Å². The van der Waals surface area contributed by atoms with Crippen LogP contribution in [0.15, 0.2) is 11.2 Å². The molecular weight excluding hydrogens is 426 g/mol. The van der Waals surface area contributed by atoms with Gasteiger partial charge in [0.2, 0.25) is 0 Å². The fraction of sp³-hybridized carbons (Fsp3) is 0.750. The quantitative estimate of drug-likeness (QED) is 0.468. The van der Waals surface area contributed by atoms with Crippen LogP contribution in [0.3, 0.4) is 0 Å². The molecule has 0 spiro atoms. The Kier molecular flexibility index (Phi) is 7.26. The van der Waals surface area contributed by atoms with Crippen LogP contribution in [-0.2, 0) is 25.5 Å². The molecule has 9 nitrogen and oxygen atoms in total. The third kappa shape index (κ3) is 5.49. The lowest BCUT2D eigenvalue weighted by Gasteiger charge is -2.25. The van der Waals surface area contributed by atoms with Gasteiger partial charge in [0.1, 0.15) is 31.0 Å². The molecule has 4 heterocycles. The van der Waals surface area contributed by atoms with E-state index in [0.717, 1.165) is 50.2 Å². The molecule has 4 rings (SSSR count). The van der Waals surface area contributed by atoms with Crippen molar-refractivity contribution in [2.45, 2.75) is 96.8 Å². The highest BCUT2D eigenvalue weighted by Gasteiger charge is 2.56. The molecule has 2 saturated heterocycles. The number of nitrogens with zero attached hydrogens (tertiary/aromatic N) is 3. The number of fused-ring (bicyclic) bond motifs is 2. The normalized spacial score (nSPS) is 30.0. The van der Waals surface area contributed by atoms with Crippen LogP contribution in [0.4, 0.5) is 5.69 Å². The highest BCUT2D eigenvalue weighted by atomic mass is 16.8. The Morgan fingerprint density at radius 2 is 2.12 bits per heavy atom. The zero-order chi connectivity index (χ0) is 23.8. The van der Waals surface area contributed by atoms with Gasteiger partial charge in [-0.2, -0.15) is 0 Å². The van der Waals surface area contributed by atoms with Crippen molar-refractivity contribution in [1.29, 1.82) is 0 Å². The van der Waals surface area contributed by atoms with E-state index < -0.39 is 36.5 Å². The lowest BCUT2D eigenvalue weighted by molar-refractivity contribution is -0.228. The summed E-state index contributed by atoms with van der Waals surface area (Å²) in [6, 6.07) is 2.25. The molecule has 0 radical (unpaired) electrons. The van der Waals surface area contributed by atoms with E-state index in [9.17, 15) is 10.2 Å². The third-order valence-corrected chi connectivity index (χ3v) is 6.60. The van der Waals surface area contributed by atoms with E-state index in [1.807, 2.05) is 6.92 Å². The molecular formula is C24H37N3O6. The summed E-state index contributed by atoms with van der Waals surface area (Å²) in [6.07, 6.45) is -0.157. The fourth-order valence-corrected chi connectivity index (χ4v) is 4.64. The van der Waals surface area contributed by atoms with E-state index in [4.69, 9.17) is 24.0 Å². The summed E-state index contributed by atoms with van der Waals surface area (Å²) in [6.45, 7) is 11.4. The number of aliphatic hydroxyl groups excluding tert-OH is 2. The van der Waals surface area contributed by atoms with Gasteiger partial charge in [-0.15, -0.1) is 0 Å². The Morgan fingerprint density at radius 3 is 2.88 bits per heavy atom. The number of aromatic nitrogens is 1. The predicted molar refractivity (Wildman–Crippen MR) is 123 cm³/mol. The van der Waals surface area contributed by atoms with Crippen molar-refractivity contribution < 1.29 is 29.3 Å². The first-order chi connectivity index (χ1) is 15.6. The molecule has 5 atom stereocenters. The van der Waals surface area contributed by atoms with E-state index in [1.54, 1.807) is 13.8 Å². The molecule has 3 aliphatic rings. The number of ether oxygens (including phenoxy) is 3. The predicted octanol–water partition coefficient (Wildman–Crippen LogP) is 2.22. The summed E-state index contributed by atoms with van der Waals surface area (Å²) in [4.78, 5) is 12.6. The minimum absolute atomic E-state index is 0.0865. The second kappa shape index (κ2) is 9.84. The number of aliphatic hydroxyl groups is 2. The van der Waals surface area contributed by atoms with Gasteiger partial charge in [-0.3, -0.25) is 4.98 Å². The third-order valence-electron chi connectivity index (χ3n) is 6.60.